The van der Waals surface area contributed by atoms with Crippen molar-refractivity contribution in [3.63, 3.8) is 0 Å². The normalized spacial score (nSPS) is 10.4. The molecule has 0 saturated heterocycles. The van der Waals surface area contributed by atoms with Crippen LogP contribution in [0.25, 0.3) is 0 Å². The van der Waals surface area contributed by atoms with Gasteiger partial charge in [-0.2, -0.15) is 0 Å². The van der Waals surface area contributed by atoms with E-state index < -0.39 is 9.93 Å². The standard InChI is InChI=1S/C4H11O2S.CH3/c1-7(2,6)4-3-5;/h5H,3-4H2,1-2H3;1H3/q+1;-1. The maximum atomic E-state index is 10.6. The molecule has 0 aromatic rings. The second kappa shape index (κ2) is 4.04. The second-order valence-electron chi connectivity index (χ2n) is 1.86. The van der Waals surface area contributed by atoms with Crippen LogP contribution in [0.1, 0.15) is 0 Å². The Balaban J connectivity index is 0. The lowest BCUT2D eigenvalue weighted by Crippen LogP contribution is -2.13. The summed E-state index contributed by atoms with van der Waals surface area (Å²) in [6.07, 6.45) is 3.28. The summed E-state index contributed by atoms with van der Waals surface area (Å²) in [5.74, 6) is 0.424. The monoisotopic (exact) mass is 138 g/mol. The lowest BCUT2D eigenvalue weighted by molar-refractivity contribution is 0.320. The Bertz CT molecular complexity index is 84.4. The van der Waals surface area contributed by atoms with Crippen molar-refractivity contribution in [1.29, 1.82) is 0 Å². The van der Waals surface area contributed by atoms with E-state index in [1.54, 1.807) is 12.5 Å². The minimum Gasteiger partial charge on any atom is -0.392 e. The highest BCUT2D eigenvalue weighted by atomic mass is 32.2. The first-order valence-corrected chi connectivity index (χ1v) is 4.63. The molecular formula is C5H14O2S. The van der Waals surface area contributed by atoms with Gasteiger partial charge in [0.25, 0.3) is 0 Å². The molecule has 2 nitrogen and oxygen atoms in total. The molecule has 52 valence electrons. The van der Waals surface area contributed by atoms with Gasteiger partial charge in [-0.05, 0) is 0 Å². The van der Waals surface area contributed by atoms with Crippen molar-refractivity contribution in [3.8, 4) is 0 Å². The molecule has 0 aliphatic rings. The summed E-state index contributed by atoms with van der Waals surface area (Å²) in [5.41, 5.74) is 0. The summed E-state index contributed by atoms with van der Waals surface area (Å²) < 4.78 is 10.6. The molecule has 0 heterocycles. The molecule has 0 aromatic carbocycles. The van der Waals surface area contributed by atoms with Crippen molar-refractivity contribution in [3.05, 3.63) is 7.43 Å². The predicted octanol–water partition coefficient (Wildman–Crippen LogP) is 0.188. The molecule has 0 amide bonds. The molecule has 0 fully saturated rings. The fourth-order valence-corrected chi connectivity index (χ4v) is 0.660. The average Bonchev–Trinajstić information content (AvgIpc) is 1.30. The van der Waals surface area contributed by atoms with Gasteiger partial charge in [0.1, 0.15) is 18.3 Å². The third kappa shape index (κ3) is 9.44. The zero-order valence-electron chi connectivity index (χ0n) is 5.68. The molecule has 0 spiro atoms. The predicted molar refractivity (Wildman–Crippen MR) is 38.3 cm³/mol. The van der Waals surface area contributed by atoms with Crippen LogP contribution in [0.4, 0.5) is 0 Å². The highest BCUT2D eigenvalue weighted by molar-refractivity contribution is 8.01. The molecule has 0 bridgehead atoms. The van der Waals surface area contributed by atoms with Crippen molar-refractivity contribution < 1.29 is 9.32 Å². The summed E-state index contributed by atoms with van der Waals surface area (Å²) in [4.78, 5) is 0. The Morgan fingerprint density at radius 1 is 1.50 bits per heavy atom. The molecule has 0 aromatic heterocycles. The summed E-state index contributed by atoms with van der Waals surface area (Å²) in [6, 6.07) is 0. The second-order valence-corrected chi connectivity index (χ2v) is 5.15. The van der Waals surface area contributed by atoms with Gasteiger partial charge in [-0.1, -0.05) is 0 Å². The number of hydrogen-bond acceptors (Lipinski definition) is 2. The van der Waals surface area contributed by atoms with Gasteiger partial charge in [0.2, 0.25) is 0 Å². The molecule has 0 aliphatic carbocycles. The van der Waals surface area contributed by atoms with Crippen LogP contribution >= 0.6 is 0 Å². The molecule has 3 heteroatoms. The smallest absolute Gasteiger partial charge is 0.134 e. The molecule has 0 radical (unpaired) electrons. The number of rotatable bonds is 2. The molecule has 0 saturated carbocycles. The first-order valence-electron chi connectivity index (χ1n) is 2.09. The van der Waals surface area contributed by atoms with Crippen molar-refractivity contribution in [1.82, 2.24) is 0 Å². The van der Waals surface area contributed by atoms with Gasteiger partial charge >= 0.3 is 0 Å². The van der Waals surface area contributed by atoms with Crippen LogP contribution in [0, 0.1) is 7.43 Å². The fraction of sp³-hybridized carbons (Fsp3) is 0.800. The number of hydrogen-bond donors (Lipinski definition) is 1. The van der Waals surface area contributed by atoms with E-state index in [1.807, 2.05) is 0 Å². The number of aliphatic hydroxyl groups excluding tert-OH is 1. The van der Waals surface area contributed by atoms with Crippen molar-refractivity contribution in [2.75, 3.05) is 24.9 Å². The average molecular weight is 138 g/mol. The molecule has 1 N–H and O–H groups in total. The van der Waals surface area contributed by atoms with Crippen LogP contribution in [0.2, 0.25) is 0 Å². The number of aliphatic hydroxyl groups is 1. The highest BCUT2D eigenvalue weighted by Crippen LogP contribution is 1.89. The van der Waals surface area contributed by atoms with Crippen LogP contribution in [0.3, 0.4) is 0 Å². The topological polar surface area (TPSA) is 37.3 Å². The minimum absolute atomic E-state index is 0. The van der Waals surface area contributed by atoms with Crippen LogP contribution in [0.5, 0.6) is 0 Å². The Kier molecular flexibility index (Phi) is 5.54. The Hall–Kier alpha value is 0.110. The van der Waals surface area contributed by atoms with E-state index in [1.165, 1.54) is 0 Å². The molecule has 0 atom stereocenters. The first kappa shape index (κ1) is 11.0. The van der Waals surface area contributed by atoms with Crippen LogP contribution in [-0.2, 0) is 14.1 Å². The molecule has 8 heavy (non-hydrogen) atoms. The Labute approximate surface area is 52.3 Å². The maximum absolute atomic E-state index is 10.6. The summed E-state index contributed by atoms with van der Waals surface area (Å²) in [7, 11) is -1.67. The van der Waals surface area contributed by atoms with Gasteiger partial charge in [0.05, 0.1) is 16.5 Å². The zero-order valence-corrected chi connectivity index (χ0v) is 6.49. The maximum Gasteiger partial charge on any atom is 0.134 e. The van der Waals surface area contributed by atoms with E-state index in [-0.39, 0.29) is 14.0 Å². The van der Waals surface area contributed by atoms with Gasteiger partial charge in [0.15, 0.2) is 0 Å². The molecular weight excluding hydrogens is 124 g/mol. The van der Waals surface area contributed by atoms with Crippen LogP contribution < -0.4 is 0 Å². The fourth-order valence-electron chi connectivity index (χ4n) is 0.220. The van der Waals surface area contributed by atoms with Gasteiger partial charge < -0.3 is 12.5 Å². The zero-order chi connectivity index (χ0) is 5.91. The van der Waals surface area contributed by atoms with Gasteiger partial charge in [-0.15, -0.1) is 4.21 Å². The minimum atomic E-state index is -1.67. The van der Waals surface area contributed by atoms with E-state index in [0.717, 1.165) is 0 Å². The van der Waals surface area contributed by atoms with E-state index in [4.69, 9.17) is 5.11 Å². The third-order valence-electron chi connectivity index (χ3n) is 0.583. The van der Waals surface area contributed by atoms with Crippen molar-refractivity contribution >= 4 is 9.93 Å². The summed E-state index contributed by atoms with van der Waals surface area (Å²) in [5, 5.41) is 8.22. The van der Waals surface area contributed by atoms with Gasteiger partial charge in [-0.3, -0.25) is 0 Å². The first-order chi connectivity index (χ1) is 3.06. The third-order valence-corrected chi connectivity index (χ3v) is 1.75. The summed E-state index contributed by atoms with van der Waals surface area (Å²) in [6.45, 7) is 0.0336. The van der Waals surface area contributed by atoms with Crippen molar-refractivity contribution in [2.24, 2.45) is 0 Å². The van der Waals surface area contributed by atoms with E-state index in [2.05, 4.69) is 0 Å². The summed E-state index contributed by atoms with van der Waals surface area (Å²) >= 11 is 0. The van der Waals surface area contributed by atoms with E-state index in [9.17, 15) is 4.21 Å². The SMILES string of the molecule is C[S+](C)(=O)CCO.[CH3-]. The quantitative estimate of drug-likeness (QED) is 0.437. The molecule has 0 aliphatic heterocycles. The molecule has 0 unspecified atom stereocenters. The lowest BCUT2D eigenvalue weighted by atomic mass is 10.9. The van der Waals surface area contributed by atoms with Gasteiger partial charge in [0, 0.05) is 0 Å². The van der Waals surface area contributed by atoms with Crippen molar-refractivity contribution in [2.45, 2.75) is 0 Å². The van der Waals surface area contributed by atoms with E-state index >= 15 is 0 Å². The van der Waals surface area contributed by atoms with Crippen LogP contribution in [0.15, 0.2) is 0 Å². The lowest BCUT2D eigenvalue weighted by Gasteiger charge is -1.93. The Morgan fingerprint density at radius 3 is 1.88 bits per heavy atom. The Morgan fingerprint density at radius 2 is 1.88 bits per heavy atom. The van der Waals surface area contributed by atoms with E-state index in [0.29, 0.717) is 5.75 Å². The van der Waals surface area contributed by atoms with Crippen LogP contribution in [-0.4, -0.2) is 30.0 Å². The largest absolute Gasteiger partial charge is 0.392 e. The molecule has 0 rings (SSSR count). The highest BCUT2D eigenvalue weighted by Gasteiger charge is 2.08. The van der Waals surface area contributed by atoms with Gasteiger partial charge in [-0.25, -0.2) is 0 Å².